The van der Waals surface area contributed by atoms with Crippen LogP contribution in [-0.2, 0) is 9.53 Å². The Labute approximate surface area is 298 Å². The molecule has 4 rings (SSSR count). The summed E-state index contributed by atoms with van der Waals surface area (Å²) in [5.74, 6) is 5.66. The molecule has 0 aromatic rings. The first-order valence-corrected chi connectivity index (χ1v) is 20.9. The van der Waals surface area contributed by atoms with Crippen LogP contribution in [0.1, 0.15) is 177 Å². The molecular formula is C46H76O2. The molecule has 0 heterocycles. The van der Waals surface area contributed by atoms with Crippen molar-refractivity contribution in [3.8, 4) is 0 Å². The standard InChI is InChI=1S/C46H76O2/c1-8-9-10-11-12-13-14-15-16-17-18-19-20-21-22-23-44(47)48-39-30-32-45(6)38(34-39)26-27-40-42-29-28-41(46(42,7)33-31-43(40)45)37(5)25-24-36(4)35(2)3/h9-10,12-13,15-16,27,35-39,41-43H,8,11,14,17-26,28-34H2,1-7H3/t36-,37+,38?,39?,41+,42-,43-,45-,46+/m0/s1. The lowest BCUT2D eigenvalue weighted by Gasteiger charge is -2.58. The Balaban J connectivity index is 1.14. The molecule has 0 N–H and O–H groups in total. The van der Waals surface area contributed by atoms with Gasteiger partial charge in [-0.3, -0.25) is 4.79 Å². The second kappa shape index (κ2) is 19.2. The molecular weight excluding hydrogens is 585 g/mol. The topological polar surface area (TPSA) is 26.3 Å². The van der Waals surface area contributed by atoms with Gasteiger partial charge < -0.3 is 4.74 Å². The lowest BCUT2D eigenvalue weighted by atomic mass is 9.47. The predicted molar refractivity (Wildman–Crippen MR) is 207 cm³/mol. The average Bonchev–Trinajstić information content (AvgIpc) is 3.42. The van der Waals surface area contributed by atoms with Gasteiger partial charge in [0.2, 0.25) is 0 Å². The van der Waals surface area contributed by atoms with Crippen molar-refractivity contribution in [2.24, 2.45) is 52.3 Å². The van der Waals surface area contributed by atoms with Crippen molar-refractivity contribution in [3.63, 3.8) is 0 Å². The Kier molecular flexibility index (Phi) is 15.6. The first-order chi connectivity index (χ1) is 23.1. The number of carbonyl (C=O) groups is 1. The maximum absolute atomic E-state index is 12.8. The summed E-state index contributed by atoms with van der Waals surface area (Å²) in [7, 11) is 0. The molecule has 0 radical (unpaired) electrons. The number of rotatable bonds is 19. The molecule has 0 aromatic heterocycles. The van der Waals surface area contributed by atoms with Crippen molar-refractivity contribution in [1.82, 2.24) is 0 Å². The molecule has 0 saturated heterocycles. The number of unbranched alkanes of at least 4 members (excludes halogenated alkanes) is 5. The molecule has 0 amide bonds. The van der Waals surface area contributed by atoms with Crippen molar-refractivity contribution >= 4 is 5.97 Å². The van der Waals surface area contributed by atoms with Crippen LogP contribution < -0.4 is 0 Å². The van der Waals surface area contributed by atoms with E-state index >= 15 is 0 Å². The molecule has 0 aliphatic heterocycles. The van der Waals surface area contributed by atoms with Gasteiger partial charge in [-0.25, -0.2) is 0 Å². The highest BCUT2D eigenvalue weighted by atomic mass is 16.5. The summed E-state index contributed by atoms with van der Waals surface area (Å²) >= 11 is 0. The number of fused-ring (bicyclic) bond motifs is 5. The summed E-state index contributed by atoms with van der Waals surface area (Å²) in [6, 6.07) is 0. The average molecular weight is 661 g/mol. The second-order valence-corrected chi connectivity index (χ2v) is 17.7. The van der Waals surface area contributed by atoms with E-state index in [2.05, 4.69) is 91.0 Å². The maximum Gasteiger partial charge on any atom is 0.306 e. The fraction of sp³-hybridized carbons (Fsp3) is 0.804. The van der Waals surface area contributed by atoms with E-state index in [1.54, 1.807) is 0 Å². The normalized spacial score (nSPS) is 33.2. The summed E-state index contributed by atoms with van der Waals surface area (Å²) < 4.78 is 6.14. The van der Waals surface area contributed by atoms with Gasteiger partial charge in [0.1, 0.15) is 6.10 Å². The smallest absolute Gasteiger partial charge is 0.306 e. The molecule has 2 unspecified atom stereocenters. The van der Waals surface area contributed by atoms with E-state index in [1.165, 1.54) is 77.0 Å². The molecule has 4 aliphatic carbocycles. The number of ether oxygens (including phenoxy) is 1. The van der Waals surface area contributed by atoms with Crippen LogP contribution in [0.25, 0.3) is 0 Å². The number of hydrogen-bond donors (Lipinski definition) is 0. The van der Waals surface area contributed by atoms with Crippen molar-refractivity contribution < 1.29 is 9.53 Å². The quantitative estimate of drug-likeness (QED) is 0.0783. The van der Waals surface area contributed by atoms with Gasteiger partial charge in [0.05, 0.1) is 0 Å². The Morgan fingerprint density at radius 1 is 0.812 bits per heavy atom. The van der Waals surface area contributed by atoms with Crippen LogP contribution in [-0.4, -0.2) is 12.1 Å². The minimum Gasteiger partial charge on any atom is -0.462 e. The number of esters is 1. The molecule has 0 aromatic carbocycles. The van der Waals surface area contributed by atoms with Gasteiger partial charge in [0.15, 0.2) is 0 Å². The zero-order valence-electron chi connectivity index (χ0n) is 32.6. The molecule has 3 fully saturated rings. The van der Waals surface area contributed by atoms with Crippen molar-refractivity contribution in [3.05, 3.63) is 48.1 Å². The van der Waals surface area contributed by atoms with Gasteiger partial charge in [-0.1, -0.05) is 129 Å². The Hall–Kier alpha value is -1.57. The van der Waals surface area contributed by atoms with Gasteiger partial charge >= 0.3 is 5.97 Å². The highest BCUT2D eigenvalue weighted by Crippen LogP contribution is 2.67. The number of allylic oxidation sites excluding steroid dienone is 8. The van der Waals surface area contributed by atoms with Crippen LogP contribution in [0.5, 0.6) is 0 Å². The molecule has 2 nitrogen and oxygen atoms in total. The highest BCUT2D eigenvalue weighted by molar-refractivity contribution is 5.69. The zero-order chi connectivity index (χ0) is 34.6. The van der Waals surface area contributed by atoms with Crippen LogP contribution in [0, 0.1) is 52.3 Å². The fourth-order valence-electron chi connectivity index (χ4n) is 10.7. The molecule has 48 heavy (non-hydrogen) atoms. The molecule has 0 bridgehead atoms. The monoisotopic (exact) mass is 661 g/mol. The fourth-order valence-corrected chi connectivity index (χ4v) is 10.7. The Bertz CT molecular complexity index is 1090. The molecule has 3 saturated carbocycles. The van der Waals surface area contributed by atoms with Crippen molar-refractivity contribution in [2.75, 3.05) is 0 Å². The first kappa shape index (κ1) is 39.2. The van der Waals surface area contributed by atoms with E-state index in [9.17, 15) is 4.79 Å². The van der Waals surface area contributed by atoms with Crippen LogP contribution in [0.3, 0.4) is 0 Å². The molecule has 4 aliphatic rings. The number of carbonyl (C=O) groups excluding carboxylic acids is 1. The van der Waals surface area contributed by atoms with Gasteiger partial charge in [-0.05, 0) is 142 Å². The summed E-state index contributed by atoms with van der Waals surface area (Å²) in [5.41, 5.74) is 2.75. The molecule has 0 spiro atoms. The Morgan fingerprint density at radius 3 is 2.23 bits per heavy atom. The van der Waals surface area contributed by atoms with Gasteiger partial charge in [-0.2, -0.15) is 0 Å². The second-order valence-electron chi connectivity index (χ2n) is 17.7. The van der Waals surface area contributed by atoms with Gasteiger partial charge in [-0.15, -0.1) is 0 Å². The lowest BCUT2D eigenvalue weighted by Crippen LogP contribution is -2.50. The summed E-state index contributed by atoms with van der Waals surface area (Å²) in [4.78, 5) is 12.8. The third kappa shape index (κ3) is 10.2. The SMILES string of the molecule is CCC=CCC=CCC=CCCCCCCCC(=O)OC1CC[C@@]2(C)C(CC=C3[C@@H]4CC[C@H]([C@H](C)CC[C@H](C)C(C)C)[C@@]4(C)CC[C@@H]32)C1. The lowest BCUT2D eigenvalue weighted by molar-refractivity contribution is -0.155. The van der Waals surface area contributed by atoms with Crippen molar-refractivity contribution in [2.45, 2.75) is 183 Å². The van der Waals surface area contributed by atoms with Crippen LogP contribution >= 0.6 is 0 Å². The van der Waals surface area contributed by atoms with Crippen molar-refractivity contribution in [1.29, 1.82) is 0 Å². The summed E-state index contributed by atoms with van der Waals surface area (Å²) in [5, 5.41) is 0. The molecule has 9 atom stereocenters. The van der Waals surface area contributed by atoms with E-state index < -0.39 is 0 Å². The largest absolute Gasteiger partial charge is 0.462 e. The minimum atomic E-state index is 0.0548. The van der Waals surface area contributed by atoms with E-state index in [0.29, 0.717) is 23.2 Å². The van der Waals surface area contributed by atoms with E-state index in [-0.39, 0.29) is 12.1 Å². The van der Waals surface area contributed by atoms with E-state index in [1.807, 2.05) is 5.57 Å². The third-order valence-corrected chi connectivity index (χ3v) is 14.3. The van der Waals surface area contributed by atoms with E-state index in [0.717, 1.165) is 80.5 Å². The summed E-state index contributed by atoms with van der Waals surface area (Å²) in [6.07, 6.45) is 40.3. The predicted octanol–water partition coefficient (Wildman–Crippen LogP) is 13.8. The van der Waals surface area contributed by atoms with Crippen LogP contribution in [0.15, 0.2) is 48.1 Å². The minimum absolute atomic E-state index is 0.0548. The Morgan fingerprint density at radius 2 is 1.48 bits per heavy atom. The van der Waals surface area contributed by atoms with E-state index in [4.69, 9.17) is 4.74 Å². The molecule has 272 valence electrons. The van der Waals surface area contributed by atoms with Crippen LogP contribution in [0.4, 0.5) is 0 Å². The first-order valence-electron chi connectivity index (χ1n) is 20.9. The highest BCUT2D eigenvalue weighted by Gasteiger charge is 2.58. The maximum atomic E-state index is 12.8. The number of hydrogen-bond acceptors (Lipinski definition) is 2. The van der Waals surface area contributed by atoms with Crippen LogP contribution in [0.2, 0.25) is 0 Å². The molecule has 2 heteroatoms. The third-order valence-electron chi connectivity index (χ3n) is 14.3. The van der Waals surface area contributed by atoms with Gasteiger partial charge in [0, 0.05) is 6.42 Å². The zero-order valence-corrected chi connectivity index (χ0v) is 32.6. The van der Waals surface area contributed by atoms with Gasteiger partial charge in [0.25, 0.3) is 0 Å². The summed E-state index contributed by atoms with van der Waals surface area (Å²) in [6.45, 7) is 17.3.